The Morgan fingerprint density at radius 1 is 1.47 bits per heavy atom. The molecule has 0 radical (unpaired) electrons. The van der Waals surface area contributed by atoms with Gasteiger partial charge in [0.15, 0.2) is 11.1 Å². The van der Waals surface area contributed by atoms with Crippen LogP contribution in [0.2, 0.25) is 5.02 Å². The van der Waals surface area contributed by atoms with Crippen LogP contribution in [0, 0.1) is 5.41 Å². The second kappa shape index (κ2) is 5.65. The number of nitrogens with zero attached hydrogens (tertiary/aromatic N) is 1. The van der Waals surface area contributed by atoms with Gasteiger partial charge in [0, 0.05) is 23.1 Å². The SMILES string of the molecule is N=C(NCc1cccc(Cl)c1)Nc1nccs1. The minimum absolute atomic E-state index is 0.222. The topological polar surface area (TPSA) is 60.8 Å². The monoisotopic (exact) mass is 266 g/mol. The van der Waals surface area contributed by atoms with E-state index in [0.717, 1.165) is 5.56 Å². The number of halogens is 1. The van der Waals surface area contributed by atoms with Crippen molar-refractivity contribution in [3.8, 4) is 0 Å². The Labute approximate surface area is 108 Å². The summed E-state index contributed by atoms with van der Waals surface area (Å²) in [7, 11) is 0. The molecule has 2 aromatic rings. The number of thiazole rings is 1. The van der Waals surface area contributed by atoms with Crippen LogP contribution < -0.4 is 10.6 Å². The van der Waals surface area contributed by atoms with Gasteiger partial charge in [-0.2, -0.15) is 0 Å². The Balaban J connectivity index is 1.84. The zero-order chi connectivity index (χ0) is 12.1. The first kappa shape index (κ1) is 11.9. The van der Waals surface area contributed by atoms with Crippen molar-refractivity contribution in [1.29, 1.82) is 5.41 Å². The molecule has 4 nitrogen and oxygen atoms in total. The van der Waals surface area contributed by atoms with E-state index >= 15 is 0 Å². The Hall–Kier alpha value is -1.59. The maximum Gasteiger partial charge on any atom is 0.195 e. The van der Waals surface area contributed by atoms with Crippen LogP contribution in [0.3, 0.4) is 0 Å². The molecule has 17 heavy (non-hydrogen) atoms. The molecule has 0 aliphatic rings. The van der Waals surface area contributed by atoms with Gasteiger partial charge in [-0.1, -0.05) is 23.7 Å². The summed E-state index contributed by atoms with van der Waals surface area (Å²) in [6.45, 7) is 0.553. The fourth-order valence-electron chi connectivity index (χ4n) is 1.27. The van der Waals surface area contributed by atoms with Crippen LogP contribution in [0.15, 0.2) is 35.8 Å². The fourth-order valence-corrected chi connectivity index (χ4v) is 2.02. The molecule has 1 heterocycles. The Morgan fingerprint density at radius 3 is 3.06 bits per heavy atom. The first-order valence-corrected chi connectivity index (χ1v) is 6.23. The number of nitrogens with one attached hydrogen (secondary N) is 3. The highest BCUT2D eigenvalue weighted by Gasteiger charge is 2.00. The van der Waals surface area contributed by atoms with E-state index in [0.29, 0.717) is 16.7 Å². The van der Waals surface area contributed by atoms with Crippen LogP contribution in [-0.2, 0) is 6.54 Å². The van der Waals surface area contributed by atoms with Gasteiger partial charge in [0.2, 0.25) is 0 Å². The molecular weight excluding hydrogens is 256 g/mol. The highest BCUT2D eigenvalue weighted by molar-refractivity contribution is 7.13. The quantitative estimate of drug-likeness (QED) is 0.591. The summed E-state index contributed by atoms with van der Waals surface area (Å²) in [5.41, 5.74) is 1.03. The van der Waals surface area contributed by atoms with Gasteiger partial charge < -0.3 is 10.6 Å². The lowest BCUT2D eigenvalue weighted by Crippen LogP contribution is -2.28. The Morgan fingerprint density at radius 2 is 2.35 bits per heavy atom. The van der Waals surface area contributed by atoms with Crippen LogP contribution in [0.4, 0.5) is 5.13 Å². The lowest BCUT2D eigenvalue weighted by Gasteiger charge is -2.08. The van der Waals surface area contributed by atoms with Gasteiger partial charge in [0.1, 0.15) is 0 Å². The molecule has 0 atom stereocenters. The molecule has 88 valence electrons. The molecule has 0 fully saturated rings. The summed E-state index contributed by atoms with van der Waals surface area (Å²) in [4.78, 5) is 4.03. The van der Waals surface area contributed by atoms with Gasteiger partial charge in [0.05, 0.1) is 0 Å². The van der Waals surface area contributed by atoms with Gasteiger partial charge >= 0.3 is 0 Å². The Kier molecular flexibility index (Phi) is 3.95. The molecule has 0 saturated heterocycles. The van der Waals surface area contributed by atoms with Gasteiger partial charge in [-0.3, -0.25) is 5.41 Å². The predicted octanol–water partition coefficient (Wildman–Crippen LogP) is 2.93. The summed E-state index contributed by atoms with van der Waals surface area (Å²) in [6, 6.07) is 7.53. The highest BCUT2D eigenvalue weighted by atomic mass is 35.5. The zero-order valence-corrected chi connectivity index (χ0v) is 10.5. The Bertz CT molecular complexity index is 498. The highest BCUT2D eigenvalue weighted by Crippen LogP contribution is 2.11. The van der Waals surface area contributed by atoms with Crippen molar-refractivity contribution in [3.63, 3.8) is 0 Å². The molecule has 0 saturated carbocycles. The molecule has 0 amide bonds. The minimum atomic E-state index is 0.222. The molecular formula is C11H11ClN4S. The number of rotatable bonds is 3. The van der Waals surface area contributed by atoms with E-state index in [9.17, 15) is 0 Å². The average molecular weight is 267 g/mol. The average Bonchev–Trinajstić information content (AvgIpc) is 2.79. The summed E-state index contributed by atoms with van der Waals surface area (Å²) < 4.78 is 0. The molecule has 6 heteroatoms. The number of benzene rings is 1. The number of hydrogen-bond acceptors (Lipinski definition) is 3. The van der Waals surface area contributed by atoms with Crippen LogP contribution in [0.5, 0.6) is 0 Å². The first-order chi connectivity index (χ1) is 8.24. The van der Waals surface area contributed by atoms with Crippen molar-refractivity contribution < 1.29 is 0 Å². The van der Waals surface area contributed by atoms with Crippen molar-refractivity contribution in [1.82, 2.24) is 10.3 Å². The second-order valence-corrected chi connectivity index (χ2v) is 4.65. The smallest absolute Gasteiger partial charge is 0.195 e. The van der Waals surface area contributed by atoms with E-state index in [4.69, 9.17) is 17.0 Å². The summed E-state index contributed by atoms with van der Waals surface area (Å²) in [5.74, 6) is 0.222. The molecule has 0 bridgehead atoms. The number of anilines is 1. The van der Waals surface area contributed by atoms with E-state index in [1.54, 1.807) is 6.20 Å². The van der Waals surface area contributed by atoms with Gasteiger partial charge in [0.25, 0.3) is 0 Å². The van der Waals surface area contributed by atoms with Crippen molar-refractivity contribution in [2.45, 2.75) is 6.54 Å². The molecule has 0 spiro atoms. The molecule has 2 rings (SSSR count). The van der Waals surface area contributed by atoms with E-state index in [-0.39, 0.29) is 5.96 Å². The maximum atomic E-state index is 7.68. The van der Waals surface area contributed by atoms with Gasteiger partial charge in [-0.25, -0.2) is 4.98 Å². The standard InChI is InChI=1S/C11H11ClN4S/c12-9-3-1-2-8(6-9)7-15-10(13)16-11-14-4-5-17-11/h1-6H,7H2,(H3,13,14,15,16). The van der Waals surface area contributed by atoms with Crippen LogP contribution >= 0.6 is 22.9 Å². The van der Waals surface area contributed by atoms with E-state index in [2.05, 4.69) is 15.6 Å². The lowest BCUT2D eigenvalue weighted by molar-refractivity contribution is 0.904. The first-order valence-electron chi connectivity index (χ1n) is 4.97. The third-order valence-corrected chi connectivity index (χ3v) is 2.95. The van der Waals surface area contributed by atoms with Crippen molar-refractivity contribution >= 4 is 34.0 Å². The van der Waals surface area contributed by atoms with Crippen molar-refractivity contribution in [2.75, 3.05) is 5.32 Å². The minimum Gasteiger partial charge on any atom is -0.352 e. The van der Waals surface area contributed by atoms with Crippen LogP contribution in [-0.4, -0.2) is 10.9 Å². The molecule has 0 aliphatic carbocycles. The molecule has 0 unspecified atom stereocenters. The van der Waals surface area contributed by atoms with Gasteiger partial charge in [-0.15, -0.1) is 11.3 Å². The van der Waals surface area contributed by atoms with E-state index in [1.807, 2.05) is 29.6 Å². The third kappa shape index (κ3) is 3.72. The molecule has 3 N–H and O–H groups in total. The van der Waals surface area contributed by atoms with Crippen molar-refractivity contribution in [3.05, 3.63) is 46.4 Å². The largest absolute Gasteiger partial charge is 0.352 e. The second-order valence-electron chi connectivity index (χ2n) is 3.32. The fraction of sp³-hybridized carbons (Fsp3) is 0.0909. The number of guanidine groups is 1. The number of aromatic nitrogens is 1. The number of hydrogen-bond donors (Lipinski definition) is 3. The summed E-state index contributed by atoms with van der Waals surface area (Å²) in [5, 5.41) is 16.7. The maximum absolute atomic E-state index is 7.68. The summed E-state index contributed by atoms with van der Waals surface area (Å²) in [6.07, 6.45) is 1.69. The third-order valence-electron chi connectivity index (χ3n) is 2.02. The van der Waals surface area contributed by atoms with Crippen LogP contribution in [0.1, 0.15) is 5.56 Å². The molecule has 0 aliphatic heterocycles. The van der Waals surface area contributed by atoms with E-state index < -0.39 is 0 Å². The summed E-state index contributed by atoms with van der Waals surface area (Å²) >= 11 is 7.32. The normalized spacial score (nSPS) is 9.94. The van der Waals surface area contributed by atoms with Gasteiger partial charge in [-0.05, 0) is 17.7 Å². The van der Waals surface area contributed by atoms with Crippen LogP contribution in [0.25, 0.3) is 0 Å². The lowest BCUT2D eigenvalue weighted by atomic mass is 10.2. The zero-order valence-electron chi connectivity index (χ0n) is 8.90. The van der Waals surface area contributed by atoms with Crippen molar-refractivity contribution in [2.24, 2.45) is 0 Å². The predicted molar refractivity (Wildman–Crippen MR) is 71.8 cm³/mol. The van der Waals surface area contributed by atoms with E-state index in [1.165, 1.54) is 11.3 Å². The molecule has 1 aromatic carbocycles. The molecule has 1 aromatic heterocycles.